The van der Waals surface area contributed by atoms with Crippen LogP contribution in [0.5, 0.6) is 5.75 Å². The van der Waals surface area contributed by atoms with E-state index < -0.39 is 0 Å². The lowest BCUT2D eigenvalue weighted by Gasteiger charge is -2.06. The summed E-state index contributed by atoms with van der Waals surface area (Å²) >= 11 is 1.60. The summed E-state index contributed by atoms with van der Waals surface area (Å²) in [5.41, 5.74) is 2.46. The van der Waals surface area contributed by atoms with Gasteiger partial charge in [-0.25, -0.2) is 4.98 Å². The molecule has 0 bridgehead atoms. The summed E-state index contributed by atoms with van der Waals surface area (Å²) in [7, 11) is 0. The van der Waals surface area contributed by atoms with Gasteiger partial charge in [0.15, 0.2) is 4.96 Å². The Kier molecular flexibility index (Phi) is 3.87. The molecule has 1 N–H and O–H groups in total. The summed E-state index contributed by atoms with van der Waals surface area (Å²) in [5.74, 6) is 0.767. The fourth-order valence-corrected chi connectivity index (χ4v) is 2.80. The number of oxime groups is 1. The molecule has 3 aromatic rings. The van der Waals surface area contributed by atoms with Gasteiger partial charge >= 0.3 is 0 Å². The van der Waals surface area contributed by atoms with Crippen molar-refractivity contribution in [3.63, 3.8) is 0 Å². The van der Waals surface area contributed by atoms with E-state index >= 15 is 0 Å². The van der Waals surface area contributed by atoms with Crippen LogP contribution in [-0.4, -0.2) is 20.3 Å². The Morgan fingerprint density at radius 2 is 2.19 bits per heavy atom. The smallest absolute Gasteiger partial charge is 0.193 e. The first kappa shape index (κ1) is 13.6. The predicted octanol–water partition coefficient (Wildman–Crippen LogP) is 3.56. The van der Waals surface area contributed by atoms with Crippen molar-refractivity contribution in [2.24, 2.45) is 5.16 Å². The maximum absolute atomic E-state index is 8.90. The van der Waals surface area contributed by atoms with E-state index in [2.05, 4.69) is 10.1 Å². The molecule has 0 saturated heterocycles. The third kappa shape index (κ3) is 2.90. The number of benzene rings is 1. The number of rotatable bonds is 5. The summed E-state index contributed by atoms with van der Waals surface area (Å²) in [6, 6.07) is 7.52. The first-order valence-electron chi connectivity index (χ1n) is 6.65. The Morgan fingerprint density at radius 1 is 1.38 bits per heavy atom. The normalized spacial score (nSPS) is 12.0. The molecule has 0 atom stereocenters. The maximum Gasteiger partial charge on any atom is 0.193 e. The zero-order valence-corrected chi connectivity index (χ0v) is 12.4. The number of ether oxygens (including phenoxy) is 1. The maximum atomic E-state index is 8.90. The van der Waals surface area contributed by atoms with Gasteiger partial charge in [0, 0.05) is 17.8 Å². The summed E-state index contributed by atoms with van der Waals surface area (Å²) < 4.78 is 7.70. The van der Waals surface area contributed by atoms with Crippen molar-refractivity contribution in [1.82, 2.24) is 9.38 Å². The summed E-state index contributed by atoms with van der Waals surface area (Å²) in [5, 5.41) is 14.2. The molecule has 0 spiro atoms. The van der Waals surface area contributed by atoms with Gasteiger partial charge in [-0.2, -0.15) is 0 Å². The van der Waals surface area contributed by atoms with Gasteiger partial charge in [-0.3, -0.25) is 4.40 Å². The lowest BCUT2D eigenvalue weighted by atomic mass is 10.1. The molecule has 0 amide bonds. The molecule has 21 heavy (non-hydrogen) atoms. The number of hydrogen-bond donors (Lipinski definition) is 1. The highest BCUT2D eigenvalue weighted by atomic mass is 32.1. The van der Waals surface area contributed by atoms with Gasteiger partial charge in [-0.1, -0.05) is 12.1 Å². The SMILES string of the molecule is CC/C(=N/O)c1ccc(OCc2cn3ccsc3n2)cc1. The van der Waals surface area contributed by atoms with Crippen LogP contribution in [0.25, 0.3) is 4.96 Å². The molecule has 3 rings (SSSR count). The zero-order valence-electron chi connectivity index (χ0n) is 11.6. The molecule has 0 aliphatic rings. The summed E-state index contributed by atoms with van der Waals surface area (Å²) in [6.07, 6.45) is 4.63. The third-order valence-corrected chi connectivity index (χ3v) is 3.94. The minimum atomic E-state index is 0.433. The predicted molar refractivity (Wildman–Crippen MR) is 82.5 cm³/mol. The molecule has 0 unspecified atom stereocenters. The molecule has 2 heterocycles. The van der Waals surface area contributed by atoms with Crippen molar-refractivity contribution in [2.75, 3.05) is 0 Å². The van der Waals surface area contributed by atoms with Gasteiger partial charge < -0.3 is 9.94 Å². The second-order valence-corrected chi connectivity index (χ2v) is 5.41. The van der Waals surface area contributed by atoms with E-state index in [1.54, 1.807) is 11.3 Å². The summed E-state index contributed by atoms with van der Waals surface area (Å²) in [6.45, 7) is 2.38. The first-order valence-corrected chi connectivity index (χ1v) is 7.53. The van der Waals surface area contributed by atoms with E-state index in [4.69, 9.17) is 9.94 Å². The van der Waals surface area contributed by atoms with Gasteiger partial charge in [0.2, 0.25) is 0 Å². The van der Waals surface area contributed by atoms with Gasteiger partial charge in [0.25, 0.3) is 0 Å². The van der Waals surface area contributed by atoms with Crippen LogP contribution in [0.1, 0.15) is 24.6 Å². The Hall–Kier alpha value is -2.34. The minimum absolute atomic E-state index is 0.433. The van der Waals surface area contributed by atoms with Crippen LogP contribution in [0.4, 0.5) is 0 Å². The monoisotopic (exact) mass is 301 g/mol. The van der Waals surface area contributed by atoms with E-state index in [-0.39, 0.29) is 0 Å². The average molecular weight is 301 g/mol. The average Bonchev–Trinajstić information content (AvgIpc) is 3.09. The highest BCUT2D eigenvalue weighted by Crippen LogP contribution is 2.17. The first-order chi connectivity index (χ1) is 10.3. The molecule has 1 aromatic carbocycles. The summed E-state index contributed by atoms with van der Waals surface area (Å²) in [4.78, 5) is 5.43. The second-order valence-electron chi connectivity index (χ2n) is 4.54. The van der Waals surface area contributed by atoms with Crippen LogP contribution < -0.4 is 4.74 Å². The van der Waals surface area contributed by atoms with Gasteiger partial charge in [-0.15, -0.1) is 11.3 Å². The third-order valence-electron chi connectivity index (χ3n) is 3.17. The van der Waals surface area contributed by atoms with Crippen molar-refractivity contribution in [3.8, 4) is 5.75 Å². The second kappa shape index (κ2) is 5.97. The molecule has 0 aliphatic heterocycles. The van der Waals surface area contributed by atoms with Gasteiger partial charge in [-0.05, 0) is 36.2 Å². The standard InChI is InChI=1S/C15H15N3O2S/c1-2-14(17-19)11-3-5-13(6-4-11)20-10-12-9-18-7-8-21-15(18)16-12/h3-9,19H,2,10H2,1H3/b17-14-. The highest BCUT2D eigenvalue weighted by molar-refractivity contribution is 7.15. The molecule has 0 fully saturated rings. The van der Waals surface area contributed by atoms with E-state index in [0.717, 1.165) is 22.0 Å². The quantitative estimate of drug-likeness (QED) is 0.445. The van der Waals surface area contributed by atoms with Crippen molar-refractivity contribution in [1.29, 1.82) is 0 Å². The van der Waals surface area contributed by atoms with Gasteiger partial charge in [0.1, 0.15) is 12.4 Å². The van der Waals surface area contributed by atoms with Crippen LogP contribution in [0, 0.1) is 0 Å². The number of fused-ring (bicyclic) bond motifs is 1. The Bertz CT molecular complexity index is 730. The molecule has 0 saturated carbocycles. The Balaban J connectivity index is 1.66. The lowest BCUT2D eigenvalue weighted by Crippen LogP contribution is -2.00. The number of aromatic nitrogens is 2. The Labute approximate surface area is 126 Å². The number of nitrogens with zero attached hydrogens (tertiary/aromatic N) is 3. The van der Waals surface area contributed by atoms with Crippen molar-refractivity contribution in [3.05, 3.63) is 53.3 Å². The highest BCUT2D eigenvalue weighted by Gasteiger charge is 2.05. The lowest BCUT2D eigenvalue weighted by molar-refractivity contribution is 0.302. The van der Waals surface area contributed by atoms with Crippen molar-refractivity contribution in [2.45, 2.75) is 20.0 Å². The molecular formula is C15H15N3O2S. The van der Waals surface area contributed by atoms with E-state index in [9.17, 15) is 0 Å². The fourth-order valence-electron chi connectivity index (χ4n) is 2.08. The zero-order chi connectivity index (χ0) is 14.7. The van der Waals surface area contributed by atoms with Crippen LogP contribution >= 0.6 is 11.3 Å². The van der Waals surface area contributed by atoms with Crippen molar-refractivity contribution >= 4 is 22.0 Å². The van der Waals surface area contributed by atoms with E-state index in [1.165, 1.54) is 0 Å². The number of imidazole rings is 1. The van der Waals surface area contributed by atoms with Crippen LogP contribution in [0.2, 0.25) is 0 Å². The molecular weight excluding hydrogens is 286 g/mol. The fraction of sp³-hybridized carbons (Fsp3) is 0.200. The molecule has 2 aromatic heterocycles. The molecule has 5 nitrogen and oxygen atoms in total. The van der Waals surface area contributed by atoms with Crippen molar-refractivity contribution < 1.29 is 9.94 Å². The van der Waals surface area contributed by atoms with Crippen LogP contribution in [0.15, 0.2) is 47.2 Å². The molecule has 0 radical (unpaired) electrons. The molecule has 0 aliphatic carbocycles. The van der Waals surface area contributed by atoms with Crippen LogP contribution in [-0.2, 0) is 6.61 Å². The van der Waals surface area contributed by atoms with Gasteiger partial charge in [0.05, 0.1) is 11.4 Å². The minimum Gasteiger partial charge on any atom is -0.487 e. The number of hydrogen-bond acceptors (Lipinski definition) is 5. The van der Waals surface area contributed by atoms with E-state index in [0.29, 0.717) is 18.7 Å². The molecule has 108 valence electrons. The van der Waals surface area contributed by atoms with E-state index in [1.807, 2.05) is 53.4 Å². The topological polar surface area (TPSA) is 59.1 Å². The van der Waals surface area contributed by atoms with Crippen LogP contribution in [0.3, 0.4) is 0 Å². The number of thiazole rings is 1. The Morgan fingerprint density at radius 3 is 2.86 bits per heavy atom. The largest absolute Gasteiger partial charge is 0.487 e. The molecule has 6 heteroatoms.